The molecular weight excluding hydrogens is 510 g/mol. The number of pyridine rings is 1. The normalized spacial score (nSPS) is 33.8. The highest BCUT2D eigenvalue weighted by Gasteiger charge is 2.76. The Morgan fingerprint density at radius 2 is 1.97 bits per heavy atom. The smallest absolute Gasteiger partial charge is 0.310 e. The molecule has 1 aromatic heterocycles. The summed E-state index contributed by atoms with van der Waals surface area (Å²) in [6.45, 7) is -1.27. The highest BCUT2D eigenvalue weighted by atomic mass is 35.5. The number of carboxylic acid groups (broad SMARTS) is 1. The van der Waals surface area contributed by atoms with Crippen LogP contribution in [0.2, 0.25) is 5.02 Å². The Kier molecular flexibility index (Phi) is 5.84. The fourth-order valence-electron chi connectivity index (χ4n) is 5.59. The van der Waals surface area contributed by atoms with Gasteiger partial charge in [-0.1, -0.05) is 11.6 Å². The molecule has 3 aliphatic rings. The molecule has 188 valence electrons. The quantitative estimate of drug-likeness (QED) is 0.552. The molecule has 3 N–H and O–H groups in total. The zero-order valence-corrected chi connectivity index (χ0v) is 19.7. The number of halogens is 3. The van der Waals surface area contributed by atoms with E-state index in [1.165, 1.54) is 6.07 Å². The largest absolute Gasteiger partial charge is 0.481 e. The predicted molar refractivity (Wildman–Crippen MR) is 115 cm³/mol. The van der Waals surface area contributed by atoms with E-state index < -0.39 is 92.3 Å². The van der Waals surface area contributed by atoms with E-state index in [1.54, 1.807) is 6.07 Å². The number of nitriles is 1. The van der Waals surface area contributed by atoms with Crippen molar-refractivity contribution in [2.75, 3.05) is 13.1 Å². The molecule has 2 saturated carbocycles. The Morgan fingerprint density at radius 3 is 2.43 bits per heavy atom. The fraction of sp³-hybridized carbons (Fsp3) is 0.571. The molecule has 0 radical (unpaired) electrons. The topological polar surface area (TPSA) is 172 Å². The lowest BCUT2D eigenvalue weighted by Gasteiger charge is -2.34. The van der Waals surface area contributed by atoms with Crippen molar-refractivity contribution in [3.8, 4) is 6.07 Å². The van der Waals surface area contributed by atoms with Crippen LogP contribution in [0.3, 0.4) is 0 Å². The van der Waals surface area contributed by atoms with Crippen molar-refractivity contribution in [2.45, 2.75) is 41.9 Å². The molecule has 1 aliphatic heterocycles. The summed E-state index contributed by atoms with van der Waals surface area (Å²) in [5.74, 6) is -9.62. The molecule has 0 bridgehead atoms. The van der Waals surface area contributed by atoms with E-state index in [0.717, 1.165) is 17.2 Å². The highest BCUT2D eigenvalue weighted by molar-refractivity contribution is 7.92. The van der Waals surface area contributed by atoms with Gasteiger partial charge in [-0.3, -0.25) is 14.4 Å². The van der Waals surface area contributed by atoms with E-state index in [4.69, 9.17) is 17.3 Å². The maximum Gasteiger partial charge on any atom is 0.310 e. The number of rotatable bonds is 6. The maximum atomic E-state index is 13.8. The lowest BCUT2D eigenvalue weighted by Crippen LogP contribution is -2.48. The Morgan fingerprint density at radius 1 is 1.29 bits per heavy atom. The third kappa shape index (κ3) is 3.83. The number of hydrogen-bond acceptors (Lipinski definition) is 7. The summed E-state index contributed by atoms with van der Waals surface area (Å²) in [5.41, 5.74) is 1.30. The lowest BCUT2D eigenvalue weighted by atomic mass is 9.70. The molecule has 0 aromatic carbocycles. The van der Waals surface area contributed by atoms with Crippen LogP contribution >= 0.6 is 11.6 Å². The van der Waals surface area contributed by atoms with Crippen LogP contribution in [0, 0.1) is 34.0 Å². The van der Waals surface area contributed by atoms with Gasteiger partial charge >= 0.3 is 5.97 Å². The van der Waals surface area contributed by atoms with Crippen molar-refractivity contribution in [3.63, 3.8) is 0 Å². The Labute approximate surface area is 204 Å². The molecule has 3 fully saturated rings. The number of carboxylic acids is 1. The molecule has 14 heteroatoms. The lowest BCUT2D eigenvalue weighted by molar-refractivity contribution is -0.160. The van der Waals surface area contributed by atoms with Gasteiger partial charge in [-0.2, -0.15) is 5.26 Å². The van der Waals surface area contributed by atoms with Crippen LogP contribution in [0.15, 0.2) is 23.4 Å². The number of amides is 2. The van der Waals surface area contributed by atoms with Crippen LogP contribution in [0.1, 0.15) is 25.7 Å². The number of carbonyl (C=O) groups excluding carboxylic acids is 2. The van der Waals surface area contributed by atoms with Gasteiger partial charge in [0.2, 0.25) is 11.8 Å². The van der Waals surface area contributed by atoms with Gasteiger partial charge in [0.15, 0.2) is 14.9 Å². The molecule has 4 rings (SSSR count). The average molecular weight is 531 g/mol. The van der Waals surface area contributed by atoms with Gasteiger partial charge in [0.25, 0.3) is 5.92 Å². The molecular formula is C21H21ClF2N4O6S. The number of nitrogens with zero attached hydrogens (tertiary/aromatic N) is 3. The van der Waals surface area contributed by atoms with E-state index >= 15 is 0 Å². The summed E-state index contributed by atoms with van der Waals surface area (Å²) in [5, 5.41) is 18.3. The molecule has 35 heavy (non-hydrogen) atoms. The molecule has 2 aliphatic carbocycles. The van der Waals surface area contributed by atoms with Crippen LogP contribution in [0.4, 0.5) is 8.78 Å². The summed E-state index contributed by atoms with van der Waals surface area (Å²) in [6.07, 6.45) is -0.920. The second-order valence-corrected chi connectivity index (χ2v) is 12.0. The predicted octanol–water partition coefficient (Wildman–Crippen LogP) is 1.24. The second kappa shape index (κ2) is 8.09. The summed E-state index contributed by atoms with van der Waals surface area (Å²) in [4.78, 5) is 42.8. The van der Waals surface area contributed by atoms with Crippen molar-refractivity contribution >= 4 is 39.2 Å². The molecule has 5 atom stereocenters. The standard InChI is InChI=1S/C21H21ClF2N4O6S/c22-11-1-2-15(27-8-11)35(33,34)12-5-13(16(29)28-4-3-20(23,24)10-28)21(6-12,18(31)32)14-7-19(14,9-25)17(26)30/h1-2,8,12-14H,3-7,10H2,(H2,26,30)(H,31,32)/t12-,13-,14?,19?,21-/m0/s1. The molecule has 1 saturated heterocycles. The van der Waals surface area contributed by atoms with E-state index in [1.807, 2.05) is 0 Å². The van der Waals surface area contributed by atoms with Gasteiger partial charge in [0, 0.05) is 25.1 Å². The van der Waals surface area contributed by atoms with Gasteiger partial charge in [0.05, 0.1) is 34.2 Å². The summed E-state index contributed by atoms with van der Waals surface area (Å²) < 4.78 is 54.4. The SMILES string of the molecule is N#CC1(C(N)=O)CC1[C@]1(C(=O)O)C[C@@H](S(=O)(=O)c2ccc(Cl)cn2)C[C@H]1C(=O)N1CCC(F)(F)C1. The van der Waals surface area contributed by atoms with Crippen molar-refractivity contribution in [1.82, 2.24) is 9.88 Å². The molecule has 2 amide bonds. The molecule has 2 unspecified atom stereocenters. The summed E-state index contributed by atoms with van der Waals surface area (Å²) >= 11 is 5.77. The van der Waals surface area contributed by atoms with Crippen molar-refractivity contribution in [2.24, 2.45) is 28.4 Å². The number of likely N-dealkylation sites (tertiary alicyclic amines) is 1. The first-order valence-electron chi connectivity index (χ1n) is 10.7. The summed E-state index contributed by atoms with van der Waals surface area (Å²) in [7, 11) is -4.29. The van der Waals surface area contributed by atoms with Gasteiger partial charge in [-0.15, -0.1) is 0 Å². The molecule has 1 aromatic rings. The number of nitrogens with two attached hydrogens (primary N) is 1. The van der Waals surface area contributed by atoms with E-state index in [2.05, 4.69) is 4.98 Å². The van der Waals surface area contributed by atoms with Crippen LogP contribution < -0.4 is 5.73 Å². The minimum Gasteiger partial charge on any atom is -0.481 e. The Hall–Kier alpha value is -2.85. The van der Waals surface area contributed by atoms with Crippen LogP contribution in [-0.4, -0.2) is 65.5 Å². The molecule has 2 heterocycles. The van der Waals surface area contributed by atoms with E-state index in [0.29, 0.717) is 0 Å². The third-order valence-electron chi connectivity index (χ3n) is 7.52. The van der Waals surface area contributed by atoms with Crippen molar-refractivity contribution in [1.29, 1.82) is 5.26 Å². The van der Waals surface area contributed by atoms with E-state index in [9.17, 15) is 42.0 Å². The number of primary amides is 1. The number of sulfone groups is 1. The second-order valence-electron chi connectivity index (χ2n) is 9.39. The first-order valence-corrected chi connectivity index (χ1v) is 12.6. The van der Waals surface area contributed by atoms with Crippen LogP contribution in [0.25, 0.3) is 0 Å². The fourth-order valence-corrected chi connectivity index (χ4v) is 7.44. The number of aliphatic carboxylic acids is 1. The van der Waals surface area contributed by atoms with Crippen molar-refractivity contribution < 1.29 is 36.7 Å². The van der Waals surface area contributed by atoms with Gasteiger partial charge in [-0.05, 0) is 31.4 Å². The molecule has 10 nitrogen and oxygen atoms in total. The Balaban J connectivity index is 1.79. The number of carbonyl (C=O) groups is 3. The van der Waals surface area contributed by atoms with E-state index in [-0.39, 0.29) is 18.0 Å². The van der Waals surface area contributed by atoms with Crippen LogP contribution in [0.5, 0.6) is 0 Å². The Bertz CT molecular complexity index is 1250. The zero-order valence-electron chi connectivity index (χ0n) is 18.2. The first-order chi connectivity index (χ1) is 16.2. The zero-order chi connectivity index (χ0) is 26.0. The number of alkyl halides is 2. The molecule has 0 spiro atoms. The third-order valence-corrected chi connectivity index (χ3v) is 9.80. The minimum atomic E-state index is -4.29. The van der Waals surface area contributed by atoms with Gasteiger partial charge in [-0.25, -0.2) is 22.2 Å². The van der Waals surface area contributed by atoms with Crippen molar-refractivity contribution in [3.05, 3.63) is 23.4 Å². The first kappa shape index (κ1) is 25.2. The van der Waals surface area contributed by atoms with Gasteiger partial charge < -0.3 is 15.7 Å². The number of hydrogen-bond donors (Lipinski definition) is 2. The minimum absolute atomic E-state index is 0.163. The average Bonchev–Trinajstić information content (AvgIpc) is 3.23. The van der Waals surface area contributed by atoms with Crippen LogP contribution in [-0.2, 0) is 24.2 Å². The highest BCUT2D eigenvalue weighted by Crippen LogP contribution is 2.68. The monoisotopic (exact) mass is 530 g/mol. The summed E-state index contributed by atoms with van der Waals surface area (Å²) in [6, 6.07) is 4.15. The van der Waals surface area contributed by atoms with Gasteiger partial charge in [0.1, 0.15) is 5.41 Å². The number of aromatic nitrogens is 1. The maximum absolute atomic E-state index is 13.8.